The summed E-state index contributed by atoms with van der Waals surface area (Å²) in [5.74, 6) is 0.553. The topological polar surface area (TPSA) is 169 Å². The number of hydrogen-bond acceptors (Lipinski definition) is 12. The van der Waals surface area contributed by atoms with Crippen LogP contribution in [0.15, 0.2) is 79.1 Å². The zero-order valence-corrected chi connectivity index (χ0v) is 33.0. The number of piperidine rings is 1. The Morgan fingerprint density at radius 3 is 2.43 bits per heavy atom. The van der Waals surface area contributed by atoms with Gasteiger partial charge >= 0.3 is 0 Å². The van der Waals surface area contributed by atoms with Crippen molar-refractivity contribution in [3.05, 3.63) is 90.3 Å². The molecule has 60 heavy (non-hydrogen) atoms. The number of nitrogens with two attached hydrogens (primary N) is 1. The summed E-state index contributed by atoms with van der Waals surface area (Å²) >= 11 is 0. The van der Waals surface area contributed by atoms with Crippen molar-refractivity contribution >= 4 is 46.4 Å². The molecule has 10 rings (SSSR count). The minimum Gasteiger partial charge on any atom is -0.457 e. The van der Waals surface area contributed by atoms with Crippen molar-refractivity contribution in [3.8, 4) is 22.8 Å². The van der Waals surface area contributed by atoms with Gasteiger partial charge in [-0.2, -0.15) is 5.10 Å². The molecule has 1 aliphatic carbocycles. The molecule has 2 bridgehead atoms. The molecule has 7 atom stereocenters. The molecule has 7 unspecified atom stereocenters. The number of nitrogens with one attached hydrogen (secondary N) is 1. The molecule has 5 aliphatic rings. The number of halogens is 1. The lowest BCUT2D eigenvalue weighted by atomic mass is 9.84. The van der Waals surface area contributed by atoms with Gasteiger partial charge in [0.2, 0.25) is 17.6 Å². The molecular weight excluding hydrogens is 766 g/mol. The maximum Gasteiger partial charge on any atom is 0.243 e. The standard InChI is InChI=1S/C45H46FN9O5/c46-35-18-26(6-15-36(35)55-44-40(43(47)48-25-49-44)41(51-55)27-8-13-33(14-9-27)60-32-4-2-1-3-5-32)20-52-22-30-11-12-31(23-52)54(30)29-10-7-28-21-53(37-16-17-39(58)50-45(37)59)42(34(28)19-29)38(57)24-56/h1-5,7-10,13-14,19,24-26,30-31,35-37,42H,6,11-12,15-18,20-23H2,(H2,47,48,49)(H,50,58,59). The molecule has 6 heterocycles. The van der Waals surface area contributed by atoms with Crippen LogP contribution in [0, 0.1) is 5.92 Å². The Morgan fingerprint density at radius 2 is 1.70 bits per heavy atom. The van der Waals surface area contributed by atoms with E-state index >= 15 is 4.39 Å². The number of fused-ring (bicyclic) bond motifs is 4. The van der Waals surface area contributed by atoms with Gasteiger partial charge in [0, 0.05) is 55.9 Å². The van der Waals surface area contributed by atoms with Crippen LogP contribution in [-0.4, -0.2) is 97.4 Å². The van der Waals surface area contributed by atoms with E-state index in [0.717, 1.165) is 67.0 Å². The Kier molecular flexibility index (Phi) is 9.87. The average molecular weight is 812 g/mol. The van der Waals surface area contributed by atoms with Crippen molar-refractivity contribution in [1.29, 1.82) is 0 Å². The fourth-order valence-corrected chi connectivity index (χ4v) is 10.6. The second-order valence-electron chi connectivity index (χ2n) is 16.9. The number of benzene rings is 3. The number of imide groups is 1. The molecule has 15 heteroatoms. The van der Waals surface area contributed by atoms with E-state index in [2.05, 4.69) is 31.2 Å². The molecule has 0 radical (unpaired) electrons. The predicted octanol–water partition coefficient (Wildman–Crippen LogP) is 5.33. The van der Waals surface area contributed by atoms with Crippen molar-refractivity contribution in [2.45, 2.75) is 87.9 Å². The fraction of sp³-hybridized carbons (Fsp3) is 0.400. The van der Waals surface area contributed by atoms with Crippen LogP contribution in [0.25, 0.3) is 22.3 Å². The number of piperazine rings is 1. The smallest absolute Gasteiger partial charge is 0.243 e. The van der Waals surface area contributed by atoms with Crippen LogP contribution in [0.1, 0.15) is 68.2 Å². The number of carbonyl (C=O) groups excluding carboxylic acids is 4. The Balaban J connectivity index is 0.808. The van der Waals surface area contributed by atoms with E-state index < -0.39 is 36.0 Å². The van der Waals surface area contributed by atoms with Crippen LogP contribution in [0.5, 0.6) is 11.5 Å². The average Bonchev–Trinajstić information content (AvgIpc) is 3.91. The minimum atomic E-state index is -1.12. The Bertz CT molecular complexity index is 2470. The summed E-state index contributed by atoms with van der Waals surface area (Å²) in [6.45, 7) is 2.86. The summed E-state index contributed by atoms with van der Waals surface area (Å²) in [5.41, 5.74) is 11.0. The highest BCUT2D eigenvalue weighted by Gasteiger charge is 2.46. The first-order valence-corrected chi connectivity index (χ1v) is 20.9. The number of alkyl halides is 1. The molecular formula is C45H46FN9O5. The lowest BCUT2D eigenvalue weighted by Crippen LogP contribution is -2.55. The number of para-hydroxylation sites is 1. The Labute approximate surface area is 345 Å². The highest BCUT2D eigenvalue weighted by molar-refractivity contribution is 6.27. The zero-order valence-electron chi connectivity index (χ0n) is 33.0. The van der Waals surface area contributed by atoms with Gasteiger partial charge in [-0.05, 0) is 104 Å². The number of carbonyl (C=O) groups is 4. The third kappa shape index (κ3) is 6.88. The van der Waals surface area contributed by atoms with E-state index in [1.807, 2.05) is 66.7 Å². The van der Waals surface area contributed by atoms with Gasteiger partial charge in [-0.3, -0.25) is 34.3 Å². The van der Waals surface area contributed by atoms with E-state index in [-0.39, 0.29) is 30.3 Å². The molecule has 2 aromatic heterocycles. The first-order chi connectivity index (χ1) is 29.2. The quantitative estimate of drug-likeness (QED) is 0.106. The molecule has 3 N–H and O–H groups in total. The van der Waals surface area contributed by atoms with Gasteiger partial charge in [0.15, 0.2) is 11.9 Å². The van der Waals surface area contributed by atoms with Gasteiger partial charge in [-0.1, -0.05) is 24.3 Å². The lowest BCUT2D eigenvalue weighted by Gasteiger charge is -2.44. The van der Waals surface area contributed by atoms with Crippen LogP contribution in [-0.2, 0) is 25.7 Å². The van der Waals surface area contributed by atoms with Gasteiger partial charge in [0.05, 0.1) is 17.5 Å². The lowest BCUT2D eigenvalue weighted by molar-refractivity contribution is -0.141. The monoisotopic (exact) mass is 811 g/mol. The number of nitrogen functional groups attached to an aromatic ring is 1. The summed E-state index contributed by atoms with van der Waals surface area (Å²) in [5, 5.41) is 7.96. The number of ether oxygens (including phenoxy) is 1. The van der Waals surface area contributed by atoms with Gasteiger partial charge in [-0.25, -0.2) is 19.0 Å². The van der Waals surface area contributed by atoms with Crippen LogP contribution in [0.2, 0.25) is 0 Å². The molecule has 3 aromatic carbocycles. The van der Waals surface area contributed by atoms with Crippen molar-refractivity contribution in [1.82, 2.24) is 34.9 Å². The third-order valence-corrected chi connectivity index (χ3v) is 13.3. The largest absolute Gasteiger partial charge is 0.457 e. The second-order valence-corrected chi connectivity index (χ2v) is 16.9. The summed E-state index contributed by atoms with van der Waals surface area (Å²) in [7, 11) is 0. The molecule has 5 aromatic rings. The van der Waals surface area contributed by atoms with Gasteiger partial charge < -0.3 is 15.4 Å². The normalized spacial score (nSPS) is 26.9. The first kappa shape index (κ1) is 38.2. The SMILES string of the molecule is Nc1ncnc2c1c(-c1ccc(Oc3ccccc3)cc1)nn2C1CCC(CN2CC3CCC(C2)N3c2ccc3c(c2)C(C(=O)C=O)N(C2CCC(=O)NC2=O)C3)CC1F. The van der Waals surface area contributed by atoms with E-state index in [1.54, 1.807) is 9.58 Å². The number of hydrogen-bond donors (Lipinski definition) is 2. The van der Waals surface area contributed by atoms with Crippen LogP contribution >= 0.6 is 0 Å². The van der Waals surface area contributed by atoms with Gasteiger partial charge in [0.1, 0.15) is 41.6 Å². The van der Waals surface area contributed by atoms with Crippen molar-refractivity contribution < 1.29 is 28.3 Å². The fourth-order valence-electron chi connectivity index (χ4n) is 10.6. The zero-order chi connectivity index (χ0) is 41.1. The number of aromatic nitrogens is 4. The summed E-state index contributed by atoms with van der Waals surface area (Å²) < 4.78 is 24.1. The number of aldehydes is 1. The first-order valence-electron chi connectivity index (χ1n) is 20.9. The number of nitrogens with zero attached hydrogens (tertiary/aromatic N) is 7. The molecule has 14 nitrogen and oxygen atoms in total. The number of rotatable bonds is 10. The molecule has 3 saturated heterocycles. The Hall–Kier alpha value is -6.06. The van der Waals surface area contributed by atoms with Crippen LogP contribution in [0.3, 0.4) is 0 Å². The maximum absolute atomic E-state index is 16.4. The maximum atomic E-state index is 16.4. The van der Waals surface area contributed by atoms with Crippen LogP contribution in [0.4, 0.5) is 15.9 Å². The van der Waals surface area contributed by atoms with Crippen molar-refractivity contribution in [2.75, 3.05) is 30.3 Å². The number of likely N-dealkylation sites (tertiary alicyclic amines) is 1. The molecule has 1 saturated carbocycles. The summed E-state index contributed by atoms with van der Waals surface area (Å²) in [6, 6.07) is 21.8. The second kappa shape index (κ2) is 15.5. The highest BCUT2D eigenvalue weighted by Crippen LogP contribution is 2.44. The van der Waals surface area contributed by atoms with E-state index in [4.69, 9.17) is 15.6 Å². The highest BCUT2D eigenvalue weighted by atomic mass is 19.1. The van der Waals surface area contributed by atoms with Crippen LogP contribution < -0.4 is 20.7 Å². The predicted molar refractivity (Wildman–Crippen MR) is 221 cm³/mol. The summed E-state index contributed by atoms with van der Waals surface area (Å²) in [6.07, 6.45) is 5.06. The van der Waals surface area contributed by atoms with Crippen molar-refractivity contribution in [2.24, 2.45) is 5.92 Å². The van der Waals surface area contributed by atoms with Crippen molar-refractivity contribution in [3.63, 3.8) is 0 Å². The van der Waals surface area contributed by atoms with Gasteiger partial charge in [0.25, 0.3) is 0 Å². The Morgan fingerprint density at radius 1 is 0.933 bits per heavy atom. The summed E-state index contributed by atoms with van der Waals surface area (Å²) in [4.78, 5) is 65.1. The van der Waals surface area contributed by atoms with Gasteiger partial charge in [-0.15, -0.1) is 0 Å². The van der Waals surface area contributed by atoms with E-state index in [0.29, 0.717) is 60.4 Å². The van der Waals surface area contributed by atoms with E-state index in [9.17, 15) is 19.2 Å². The molecule has 2 amide bonds. The number of anilines is 2. The minimum absolute atomic E-state index is 0.188. The number of amides is 2. The molecule has 0 spiro atoms. The van der Waals surface area contributed by atoms with E-state index in [1.165, 1.54) is 6.33 Å². The number of ketones is 1. The number of Topliss-reactive ketones (excluding diaryl/α,β-unsaturated/α-hetero) is 1. The third-order valence-electron chi connectivity index (χ3n) is 13.3. The molecule has 4 fully saturated rings. The molecule has 4 aliphatic heterocycles. The molecule has 308 valence electrons.